The van der Waals surface area contributed by atoms with Gasteiger partial charge in [-0.2, -0.15) is 14.4 Å². The lowest BCUT2D eigenvalue weighted by Gasteiger charge is -2.30. The minimum Gasteiger partial charge on any atom is -0.295 e. The van der Waals surface area contributed by atoms with Gasteiger partial charge in [-0.05, 0) is 25.0 Å². The molecule has 2 heterocycles. The van der Waals surface area contributed by atoms with Crippen molar-refractivity contribution in [1.29, 1.82) is 0 Å². The van der Waals surface area contributed by atoms with Crippen molar-refractivity contribution in [3.63, 3.8) is 0 Å². The highest BCUT2D eigenvalue weighted by Crippen LogP contribution is 2.24. The fourth-order valence-corrected chi connectivity index (χ4v) is 4.08. The second kappa shape index (κ2) is 6.47. The molecule has 0 unspecified atom stereocenters. The van der Waals surface area contributed by atoms with E-state index in [-0.39, 0.29) is 16.7 Å². The van der Waals surface area contributed by atoms with Gasteiger partial charge in [0.05, 0.1) is 4.90 Å². The first-order valence-corrected chi connectivity index (χ1v) is 8.73. The first-order chi connectivity index (χ1) is 11.1. The number of carbonyl (C=O) groups excluding carboxylic acids is 1. The minimum absolute atomic E-state index is 0.168. The van der Waals surface area contributed by atoms with Crippen molar-refractivity contribution in [3.05, 3.63) is 36.7 Å². The van der Waals surface area contributed by atoms with Crippen LogP contribution in [0.4, 0.5) is 5.95 Å². The average molecular weight is 335 g/mol. The molecule has 1 aromatic heterocycles. The van der Waals surface area contributed by atoms with Gasteiger partial charge in [0.1, 0.15) is 6.33 Å². The maximum Gasteiger partial charge on any atom is 0.243 e. The molecular weight excluding hydrogens is 318 g/mol. The standard InChI is InChI=1S/C14H17N5O3S/c20-13(17-14-15-10-16-18-14)11-6-8-19(9-7-11)23(21,22)12-4-2-1-3-5-12/h1-5,10-11H,6-9H2,(H2,15,16,17,18,20). The van der Waals surface area contributed by atoms with Crippen LogP contribution < -0.4 is 5.32 Å². The third-order valence-corrected chi connectivity index (χ3v) is 5.78. The molecule has 122 valence electrons. The largest absolute Gasteiger partial charge is 0.295 e. The Morgan fingerprint density at radius 3 is 2.52 bits per heavy atom. The summed E-state index contributed by atoms with van der Waals surface area (Å²) in [5, 5.41) is 8.86. The summed E-state index contributed by atoms with van der Waals surface area (Å²) < 4.78 is 26.5. The van der Waals surface area contributed by atoms with Gasteiger partial charge in [0.2, 0.25) is 21.9 Å². The van der Waals surface area contributed by atoms with Crippen LogP contribution in [0.25, 0.3) is 0 Å². The van der Waals surface area contributed by atoms with Crippen LogP contribution >= 0.6 is 0 Å². The molecule has 2 aromatic rings. The van der Waals surface area contributed by atoms with Crippen LogP contribution in [0.2, 0.25) is 0 Å². The molecule has 0 atom stereocenters. The van der Waals surface area contributed by atoms with Crippen LogP contribution in [0.5, 0.6) is 0 Å². The second-order valence-electron chi connectivity index (χ2n) is 5.31. The summed E-state index contributed by atoms with van der Waals surface area (Å²) >= 11 is 0. The molecule has 1 saturated heterocycles. The lowest BCUT2D eigenvalue weighted by molar-refractivity contribution is -0.121. The van der Waals surface area contributed by atoms with Crippen molar-refractivity contribution in [2.24, 2.45) is 5.92 Å². The van der Waals surface area contributed by atoms with E-state index in [0.29, 0.717) is 31.9 Å². The van der Waals surface area contributed by atoms with Crippen molar-refractivity contribution in [1.82, 2.24) is 19.5 Å². The first kappa shape index (κ1) is 15.6. The third kappa shape index (κ3) is 3.40. The van der Waals surface area contributed by atoms with Gasteiger partial charge >= 0.3 is 0 Å². The molecule has 1 amide bonds. The van der Waals surface area contributed by atoms with Gasteiger partial charge < -0.3 is 0 Å². The van der Waals surface area contributed by atoms with Crippen LogP contribution in [0.1, 0.15) is 12.8 Å². The molecular formula is C14H17N5O3S. The predicted octanol–water partition coefficient (Wildman–Crippen LogP) is 0.844. The fraction of sp³-hybridized carbons (Fsp3) is 0.357. The van der Waals surface area contributed by atoms with Crippen molar-refractivity contribution < 1.29 is 13.2 Å². The molecule has 0 bridgehead atoms. The summed E-state index contributed by atoms with van der Waals surface area (Å²) in [4.78, 5) is 16.2. The van der Waals surface area contributed by atoms with E-state index in [1.165, 1.54) is 10.6 Å². The lowest BCUT2D eigenvalue weighted by Crippen LogP contribution is -2.41. The molecule has 0 aliphatic carbocycles. The molecule has 1 aliphatic heterocycles. The molecule has 1 fully saturated rings. The monoisotopic (exact) mass is 335 g/mol. The number of nitrogens with zero attached hydrogens (tertiary/aromatic N) is 3. The zero-order chi connectivity index (χ0) is 16.3. The Labute approximate surface area is 134 Å². The smallest absolute Gasteiger partial charge is 0.243 e. The van der Waals surface area contributed by atoms with Crippen LogP contribution in [0.15, 0.2) is 41.6 Å². The normalized spacial score (nSPS) is 17.0. The van der Waals surface area contributed by atoms with Gasteiger partial charge in [0.25, 0.3) is 0 Å². The number of hydrogen-bond donors (Lipinski definition) is 2. The number of H-pyrrole nitrogens is 1. The molecule has 1 aromatic carbocycles. The summed E-state index contributed by atoms with van der Waals surface area (Å²) in [6.07, 6.45) is 2.27. The molecule has 8 nitrogen and oxygen atoms in total. The average Bonchev–Trinajstić information content (AvgIpc) is 3.09. The number of benzene rings is 1. The minimum atomic E-state index is -3.49. The van der Waals surface area contributed by atoms with Crippen LogP contribution in [-0.2, 0) is 14.8 Å². The molecule has 1 aliphatic rings. The van der Waals surface area contributed by atoms with Crippen molar-refractivity contribution in [2.45, 2.75) is 17.7 Å². The van der Waals surface area contributed by atoms with Gasteiger partial charge in [-0.1, -0.05) is 18.2 Å². The summed E-state index contributed by atoms with van der Waals surface area (Å²) in [6.45, 7) is 0.650. The molecule has 2 N–H and O–H groups in total. The first-order valence-electron chi connectivity index (χ1n) is 7.29. The number of aromatic nitrogens is 3. The molecule has 9 heteroatoms. The second-order valence-corrected chi connectivity index (χ2v) is 7.25. The van der Waals surface area contributed by atoms with E-state index in [9.17, 15) is 13.2 Å². The maximum absolute atomic E-state index is 12.5. The zero-order valence-corrected chi connectivity index (χ0v) is 13.2. The van der Waals surface area contributed by atoms with Crippen molar-refractivity contribution in [3.8, 4) is 0 Å². The Morgan fingerprint density at radius 1 is 1.22 bits per heavy atom. The van der Waals surface area contributed by atoms with E-state index in [2.05, 4.69) is 20.5 Å². The SMILES string of the molecule is O=C(Nc1ncn[nH]1)C1CCN(S(=O)(=O)c2ccccc2)CC1. The van der Waals surface area contributed by atoms with Gasteiger partial charge in [-0.25, -0.2) is 13.5 Å². The van der Waals surface area contributed by atoms with E-state index in [0.717, 1.165) is 0 Å². The number of anilines is 1. The van der Waals surface area contributed by atoms with Gasteiger partial charge in [-0.3, -0.25) is 10.1 Å². The van der Waals surface area contributed by atoms with Crippen molar-refractivity contribution >= 4 is 21.9 Å². The van der Waals surface area contributed by atoms with Gasteiger partial charge in [0, 0.05) is 19.0 Å². The number of sulfonamides is 1. The number of carbonyl (C=O) groups is 1. The molecule has 0 spiro atoms. The Bertz CT molecular complexity index is 753. The Hall–Kier alpha value is -2.26. The van der Waals surface area contributed by atoms with Crippen molar-refractivity contribution in [2.75, 3.05) is 18.4 Å². The summed E-state index contributed by atoms with van der Waals surface area (Å²) in [5.41, 5.74) is 0. The summed E-state index contributed by atoms with van der Waals surface area (Å²) in [7, 11) is -3.49. The highest BCUT2D eigenvalue weighted by molar-refractivity contribution is 7.89. The van der Waals surface area contributed by atoms with Gasteiger partial charge in [-0.15, -0.1) is 0 Å². The number of piperidine rings is 1. The third-order valence-electron chi connectivity index (χ3n) is 3.86. The number of nitrogens with one attached hydrogen (secondary N) is 2. The van der Waals surface area contributed by atoms with Crippen LogP contribution in [0.3, 0.4) is 0 Å². The van der Waals surface area contributed by atoms with E-state index < -0.39 is 10.0 Å². The van der Waals surface area contributed by atoms with E-state index >= 15 is 0 Å². The number of amides is 1. The summed E-state index contributed by atoms with van der Waals surface area (Å²) in [5.74, 6) is -0.102. The Kier molecular flexibility index (Phi) is 4.39. The number of hydrogen-bond acceptors (Lipinski definition) is 5. The predicted molar refractivity (Wildman–Crippen MR) is 82.9 cm³/mol. The quantitative estimate of drug-likeness (QED) is 0.861. The Balaban J connectivity index is 1.61. The number of rotatable bonds is 4. The lowest BCUT2D eigenvalue weighted by atomic mass is 9.97. The van der Waals surface area contributed by atoms with E-state index in [1.54, 1.807) is 30.3 Å². The zero-order valence-electron chi connectivity index (χ0n) is 12.3. The van der Waals surface area contributed by atoms with E-state index in [4.69, 9.17) is 0 Å². The molecule has 3 rings (SSSR count). The highest BCUT2D eigenvalue weighted by Gasteiger charge is 2.32. The molecule has 0 saturated carbocycles. The topological polar surface area (TPSA) is 108 Å². The highest BCUT2D eigenvalue weighted by atomic mass is 32.2. The van der Waals surface area contributed by atoms with E-state index in [1.807, 2.05) is 0 Å². The molecule has 23 heavy (non-hydrogen) atoms. The number of aromatic amines is 1. The van der Waals surface area contributed by atoms with Crippen LogP contribution in [-0.4, -0.2) is 46.9 Å². The Morgan fingerprint density at radius 2 is 1.91 bits per heavy atom. The van der Waals surface area contributed by atoms with Gasteiger partial charge in [0.15, 0.2) is 0 Å². The molecule has 0 radical (unpaired) electrons. The summed E-state index contributed by atoms with van der Waals surface area (Å²) in [6, 6.07) is 8.34. The maximum atomic E-state index is 12.5. The van der Waals surface area contributed by atoms with Crippen LogP contribution in [0, 0.1) is 5.92 Å². The fourth-order valence-electron chi connectivity index (χ4n) is 2.58.